The number of methoxy groups -OCH3 is 2. The molecule has 5 rings (SSSR count). The van der Waals surface area contributed by atoms with Gasteiger partial charge in [-0.1, -0.05) is 0 Å². The Bertz CT molecular complexity index is 1760. The first-order valence-electron chi connectivity index (χ1n) is 12.7. The molecule has 42 heavy (non-hydrogen) atoms. The molecule has 3 aromatic rings. The Morgan fingerprint density at radius 1 is 1.10 bits per heavy atom. The number of fused-ring (bicyclic) bond motifs is 1. The number of rotatable bonds is 8. The van der Waals surface area contributed by atoms with Crippen LogP contribution in [0.2, 0.25) is 0 Å². The predicted octanol–water partition coefficient (Wildman–Crippen LogP) is 1.94. The minimum absolute atomic E-state index is 0.00300. The number of sulfonamides is 1. The second kappa shape index (κ2) is 10.7. The molecule has 2 aliphatic heterocycles. The second-order valence-corrected chi connectivity index (χ2v) is 11.1. The molecule has 14 heteroatoms. The highest BCUT2D eigenvalue weighted by Gasteiger charge is 2.59. The van der Waals surface area contributed by atoms with Crippen LogP contribution in [0.1, 0.15) is 23.6 Å². The summed E-state index contributed by atoms with van der Waals surface area (Å²) in [4.78, 5) is 44.9. The molecule has 1 N–H and O–H groups in total. The van der Waals surface area contributed by atoms with Crippen molar-refractivity contribution in [1.82, 2.24) is 15.2 Å². The maximum Gasteiger partial charge on any atom is 0.319 e. The van der Waals surface area contributed by atoms with E-state index in [9.17, 15) is 28.1 Å². The maximum atomic E-state index is 14.7. The van der Waals surface area contributed by atoms with Crippen LogP contribution in [0, 0.1) is 11.3 Å². The summed E-state index contributed by atoms with van der Waals surface area (Å²) in [5.41, 5.74) is -2.20. The third kappa shape index (κ3) is 4.34. The molecule has 0 aliphatic carbocycles. The van der Waals surface area contributed by atoms with Gasteiger partial charge in [0, 0.05) is 17.8 Å². The maximum absolute atomic E-state index is 14.7. The molecule has 0 bridgehead atoms. The van der Waals surface area contributed by atoms with Crippen LogP contribution in [0.5, 0.6) is 17.4 Å². The second-order valence-electron chi connectivity index (χ2n) is 9.30. The number of ketones is 1. The molecule has 1 fully saturated rings. The number of carbonyl (C=O) groups is 3. The predicted molar refractivity (Wildman–Crippen MR) is 147 cm³/mol. The van der Waals surface area contributed by atoms with E-state index in [0.29, 0.717) is 10.1 Å². The molecule has 216 valence electrons. The van der Waals surface area contributed by atoms with Crippen LogP contribution in [-0.2, 0) is 25.2 Å². The molecular formula is C28H25N5O8S. The van der Waals surface area contributed by atoms with Gasteiger partial charge in [0.1, 0.15) is 16.4 Å². The first-order chi connectivity index (χ1) is 20.1. The highest BCUT2D eigenvalue weighted by molar-refractivity contribution is 7.93. The molecule has 13 nitrogen and oxygen atoms in total. The molecule has 1 atom stereocenters. The number of Topliss-reactive ketones (excluding diaryl/α,β-unsaturated/α-hetero) is 1. The highest BCUT2D eigenvalue weighted by atomic mass is 32.2. The number of nitrogens with one attached hydrogen (secondary N) is 1. The molecule has 3 amide bonds. The summed E-state index contributed by atoms with van der Waals surface area (Å²) in [5.74, 6) is -1.08. The zero-order valence-corrected chi connectivity index (χ0v) is 23.6. The number of carbonyl (C=O) groups excluding carboxylic acids is 3. The number of nitrogens with zero attached hydrogens (tertiary/aromatic N) is 4. The van der Waals surface area contributed by atoms with Gasteiger partial charge in [0.2, 0.25) is 5.88 Å². The van der Waals surface area contributed by atoms with Gasteiger partial charge in [-0.05, 0) is 49.4 Å². The fourth-order valence-corrected chi connectivity index (χ4v) is 6.53. The molecule has 3 heterocycles. The van der Waals surface area contributed by atoms with E-state index < -0.39 is 27.5 Å². The zero-order valence-electron chi connectivity index (χ0n) is 22.8. The van der Waals surface area contributed by atoms with E-state index in [1.54, 1.807) is 6.92 Å². The number of pyridine rings is 1. The van der Waals surface area contributed by atoms with Gasteiger partial charge in [0.15, 0.2) is 11.3 Å². The fourth-order valence-electron chi connectivity index (χ4n) is 4.92. The number of hydrogen-bond donors (Lipinski definition) is 1. The van der Waals surface area contributed by atoms with Crippen LogP contribution in [0.25, 0.3) is 0 Å². The van der Waals surface area contributed by atoms with Crippen LogP contribution in [-0.4, -0.2) is 69.9 Å². The zero-order chi connectivity index (χ0) is 30.2. The number of hydrogen-bond acceptors (Lipinski definition) is 10. The SMILES string of the molecule is CCOc1ncccc1C1(NC(=O)N2CC(=O)C2)C(=O)N(S(=O)(=O)c2ccc(OC)cc2OC)c2ccc(C#N)cc21. The summed E-state index contributed by atoms with van der Waals surface area (Å²) >= 11 is 0. The quantitative estimate of drug-likeness (QED) is 0.409. The Morgan fingerprint density at radius 3 is 2.50 bits per heavy atom. The summed E-state index contributed by atoms with van der Waals surface area (Å²) < 4.78 is 45.4. The molecular weight excluding hydrogens is 566 g/mol. The van der Waals surface area contributed by atoms with Gasteiger partial charge in [-0.15, -0.1) is 0 Å². The number of amides is 3. The molecule has 0 radical (unpaired) electrons. The Hall–Kier alpha value is -5.16. The largest absolute Gasteiger partial charge is 0.497 e. The topological polar surface area (TPSA) is 168 Å². The standard InChI is InChI=1S/C28H25N5O8S/c1-4-41-25-20(6-5-11-30-25)28(31-27(36)32-15-18(34)16-32)21-12-17(14-29)7-9-22(21)33(26(28)35)42(37,38)24-10-8-19(39-2)13-23(24)40-3/h5-13H,4,15-16H2,1-3H3,(H,31,36). The first-order valence-corrected chi connectivity index (χ1v) is 14.1. The smallest absolute Gasteiger partial charge is 0.319 e. The highest BCUT2D eigenvalue weighted by Crippen LogP contribution is 2.50. The van der Waals surface area contributed by atoms with E-state index in [2.05, 4.69) is 10.3 Å². The minimum Gasteiger partial charge on any atom is -0.497 e. The van der Waals surface area contributed by atoms with Crippen molar-refractivity contribution >= 4 is 33.4 Å². The lowest BCUT2D eigenvalue weighted by Gasteiger charge is -2.36. The number of aromatic nitrogens is 1. The van der Waals surface area contributed by atoms with Gasteiger partial charge in [0.05, 0.1) is 56.8 Å². The van der Waals surface area contributed by atoms with Crippen molar-refractivity contribution in [3.63, 3.8) is 0 Å². The lowest BCUT2D eigenvalue weighted by Crippen LogP contribution is -2.61. The summed E-state index contributed by atoms with van der Waals surface area (Å²) in [5, 5.41) is 12.4. The fraction of sp³-hybridized carbons (Fsp3) is 0.250. The molecule has 1 unspecified atom stereocenters. The lowest BCUT2D eigenvalue weighted by molar-refractivity contribution is -0.126. The van der Waals surface area contributed by atoms with Gasteiger partial charge in [-0.25, -0.2) is 18.2 Å². The van der Waals surface area contributed by atoms with E-state index in [0.717, 1.165) is 0 Å². The van der Waals surface area contributed by atoms with Gasteiger partial charge in [-0.2, -0.15) is 9.57 Å². The average Bonchev–Trinajstić information content (AvgIpc) is 3.23. The summed E-state index contributed by atoms with van der Waals surface area (Å²) in [6.45, 7) is 1.47. The summed E-state index contributed by atoms with van der Waals surface area (Å²) in [7, 11) is -2.03. The normalized spacial score (nSPS) is 17.7. The van der Waals surface area contributed by atoms with Crippen molar-refractivity contribution in [3.8, 4) is 23.4 Å². The van der Waals surface area contributed by atoms with E-state index >= 15 is 0 Å². The van der Waals surface area contributed by atoms with Crippen molar-refractivity contribution in [2.75, 3.05) is 38.2 Å². The van der Waals surface area contributed by atoms with Gasteiger partial charge >= 0.3 is 6.03 Å². The third-order valence-electron chi connectivity index (χ3n) is 6.92. The van der Waals surface area contributed by atoms with Crippen LogP contribution in [0.15, 0.2) is 59.6 Å². The van der Waals surface area contributed by atoms with Gasteiger partial charge in [0.25, 0.3) is 15.9 Å². The minimum atomic E-state index is -4.71. The van der Waals surface area contributed by atoms with Crippen LogP contribution in [0.3, 0.4) is 0 Å². The Balaban J connectivity index is 1.79. The molecule has 0 saturated carbocycles. The lowest BCUT2D eigenvalue weighted by atomic mass is 9.83. The van der Waals surface area contributed by atoms with Crippen molar-refractivity contribution in [2.24, 2.45) is 0 Å². The molecule has 2 aliphatic rings. The van der Waals surface area contributed by atoms with Gasteiger partial charge < -0.3 is 24.4 Å². The van der Waals surface area contributed by atoms with Crippen molar-refractivity contribution < 1.29 is 37.0 Å². The van der Waals surface area contributed by atoms with E-state index in [4.69, 9.17) is 14.2 Å². The molecule has 1 aromatic heterocycles. The Labute approximate surface area is 241 Å². The van der Waals surface area contributed by atoms with Crippen LogP contribution >= 0.6 is 0 Å². The van der Waals surface area contributed by atoms with Crippen molar-refractivity contribution in [2.45, 2.75) is 17.4 Å². The Kier molecular flexibility index (Phi) is 7.21. The number of benzene rings is 2. The van der Waals surface area contributed by atoms with E-state index in [1.165, 1.54) is 73.8 Å². The summed E-state index contributed by atoms with van der Waals surface area (Å²) in [6, 6.07) is 12.2. The van der Waals surface area contributed by atoms with Crippen LogP contribution < -0.4 is 23.8 Å². The molecule has 0 spiro atoms. The number of likely N-dealkylation sites (tertiary alicyclic amines) is 1. The van der Waals surface area contributed by atoms with Crippen molar-refractivity contribution in [1.29, 1.82) is 5.26 Å². The first kappa shape index (κ1) is 28.4. The molecule has 2 aromatic carbocycles. The van der Waals surface area contributed by atoms with Crippen molar-refractivity contribution in [3.05, 3.63) is 71.4 Å². The van der Waals surface area contributed by atoms with Gasteiger partial charge in [-0.3, -0.25) is 9.59 Å². The monoisotopic (exact) mass is 591 g/mol. The number of nitriles is 1. The molecule has 1 saturated heterocycles. The Morgan fingerprint density at radius 2 is 1.86 bits per heavy atom. The number of ether oxygens (including phenoxy) is 3. The van der Waals surface area contributed by atoms with Crippen LogP contribution in [0.4, 0.5) is 10.5 Å². The summed E-state index contributed by atoms with van der Waals surface area (Å²) in [6.07, 6.45) is 1.42. The average molecular weight is 592 g/mol. The number of anilines is 1. The number of urea groups is 1. The third-order valence-corrected chi connectivity index (χ3v) is 8.65. The van der Waals surface area contributed by atoms with E-state index in [1.807, 2.05) is 6.07 Å². The van der Waals surface area contributed by atoms with E-state index in [-0.39, 0.29) is 64.4 Å².